The molecule has 1 atom stereocenters. The second-order valence-electron chi connectivity index (χ2n) is 7.07. The topological polar surface area (TPSA) is 8.81 Å². The van der Waals surface area contributed by atoms with E-state index in [1.54, 1.807) is 0 Å². The Kier molecular flexibility index (Phi) is 3.35. The molecule has 0 saturated heterocycles. The van der Waals surface area contributed by atoms with E-state index in [2.05, 4.69) is 66.3 Å². The zero-order valence-electron chi connectivity index (χ0n) is 15.5. The number of hydrogen-bond donors (Lipinski definition) is 0. The smallest absolute Gasteiger partial charge is 0.221 e. The summed E-state index contributed by atoms with van der Waals surface area (Å²) >= 11 is 0. The normalized spacial score (nSPS) is 24.7. The van der Waals surface area contributed by atoms with Crippen molar-refractivity contribution in [3.8, 4) is 5.69 Å². The molecule has 0 N–H and O–H groups in total. The molecule has 1 saturated carbocycles. The number of benzene rings is 1. The summed E-state index contributed by atoms with van der Waals surface area (Å²) in [5.74, 6) is 1.60. The Bertz CT molecular complexity index is 811. The van der Waals surface area contributed by atoms with Crippen LogP contribution < -0.4 is 4.57 Å². The fraction of sp³-hybridized carbons (Fsp3) is 0.476. The molecule has 1 aromatic heterocycles. The zero-order chi connectivity index (χ0) is 16.9. The van der Waals surface area contributed by atoms with E-state index in [-0.39, 0.29) is 0 Å². The van der Waals surface area contributed by atoms with Gasteiger partial charge in [-0.15, -0.1) is 0 Å². The average molecular weight is 308 g/mol. The molecule has 1 aliphatic carbocycles. The molecule has 1 fully saturated rings. The zero-order valence-corrected chi connectivity index (χ0v) is 14.5. The molecule has 0 bridgehead atoms. The first-order chi connectivity index (χ1) is 11.5. The van der Waals surface area contributed by atoms with Gasteiger partial charge in [-0.1, -0.05) is 37.5 Å². The van der Waals surface area contributed by atoms with Crippen molar-refractivity contribution < 1.29 is 5.94 Å². The van der Waals surface area contributed by atoms with Crippen molar-refractivity contribution in [2.24, 2.45) is 5.92 Å². The number of allylic oxidation sites excluding steroid dienone is 1. The molecule has 2 aromatic rings. The van der Waals surface area contributed by atoms with Gasteiger partial charge in [-0.25, -0.2) is 4.57 Å². The summed E-state index contributed by atoms with van der Waals surface area (Å²) < 4.78 is 13.9. The van der Waals surface area contributed by atoms with Gasteiger partial charge in [-0.2, -0.15) is 4.57 Å². The summed E-state index contributed by atoms with van der Waals surface area (Å²) in [4.78, 5) is 0. The van der Waals surface area contributed by atoms with Crippen LogP contribution in [0.15, 0.2) is 30.3 Å². The molecule has 4 rings (SSSR count). The van der Waals surface area contributed by atoms with Gasteiger partial charge < -0.3 is 0 Å². The maximum Gasteiger partial charge on any atom is 0.259 e. The molecule has 1 aromatic carbocycles. The van der Waals surface area contributed by atoms with E-state index in [0.29, 0.717) is 5.92 Å². The summed E-state index contributed by atoms with van der Waals surface area (Å²) in [6, 6.07) is 7.92. The third-order valence-electron chi connectivity index (χ3n) is 5.64. The largest absolute Gasteiger partial charge is 0.259 e. The Labute approximate surface area is 140 Å². The lowest BCUT2D eigenvalue weighted by Crippen LogP contribution is -2.44. The van der Waals surface area contributed by atoms with Gasteiger partial charge in [0.2, 0.25) is 0 Å². The maximum atomic E-state index is 9.29. The van der Waals surface area contributed by atoms with Crippen molar-refractivity contribution in [2.45, 2.75) is 58.9 Å². The molecule has 2 aliphatic rings. The van der Waals surface area contributed by atoms with Crippen LogP contribution in [0.2, 0.25) is 0 Å². The Balaban J connectivity index is 1.87. The number of hydrogen-bond acceptors (Lipinski definition) is 0. The van der Waals surface area contributed by atoms with Gasteiger partial charge in [0.25, 0.3) is 5.82 Å². The number of fused-ring (bicyclic) bond motifs is 1. The molecule has 23 heavy (non-hydrogen) atoms. The van der Waals surface area contributed by atoms with Gasteiger partial charge in [0.15, 0.2) is 11.4 Å². The van der Waals surface area contributed by atoms with Crippen LogP contribution in [0.1, 0.15) is 62.3 Å². The summed E-state index contributed by atoms with van der Waals surface area (Å²) in [6.45, 7) is 6.51. The summed E-state index contributed by atoms with van der Waals surface area (Å²) in [5.41, 5.74) is 4.95. The van der Waals surface area contributed by atoms with Crippen LogP contribution in [-0.4, -0.2) is 4.57 Å². The van der Waals surface area contributed by atoms with Crippen LogP contribution in [0.3, 0.4) is 0 Å². The van der Waals surface area contributed by atoms with Crippen molar-refractivity contribution in [2.75, 3.05) is 0 Å². The lowest BCUT2D eigenvalue weighted by Gasteiger charge is -2.25. The van der Waals surface area contributed by atoms with Crippen LogP contribution in [0.4, 0.5) is 0 Å². The quantitative estimate of drug-likeness (QED) is 0.702. The van der Waals surface area contributed by atoms with E-state index in [9.17, 15) is 1.37 Å². The van der Waals surface area contributed by atoms with E-state index in [1.807, 2.05) is 0 Å². The monoisotopic (exact) mass is 308 g/mol. The SMILES string of the molecule is [2H]C1(C2CCCCC2)C=Cc2c(C)n(-c3ccccc3C)c(C)[n+]21. The molecule has 2 nitrogen and oxygen atoms in total. The third kappa shape index (κ3) is 2.27. The van der Waals surface area contributed by atoms with Gasteiger partial charge in [-0.3, -0.25) is 0 Å². The second-order valence-corrected chi connectivity index (χ2v) is 7.07. The highest BCUT2D eigenvalue weighted by Crippen LogP contribution is 2.35. The average Bonchev–Trinajstić information content (AvgIpc) is 3.07. The molecular formula is C21H27N2+. The minimum Gasteiger partial charge on any atom is -0.221 e. The number of aromatic nitrogens is 2. The van der Waals surface area contributed by atoms with E-state index < -0.39 is 6.02 Å². The number of nitrogens with zero attached hydrogens (tertiary/aromatic N) is 2. The number of para-hydroxylation sites is 1. The van der Waals surface area contributed by atoms with Gasteiger partial charge in [0, 0.05) is 19.8 Å². The third-order valence-corrected chi connectivity index (χ3v) is 5.64. The first kappa shape index (κ1) is 13.6. The summed E-state index contributed by atoms with van der Waals surface area (Å²) in [6.07, 6.45) is 10.5. The van der Waals surface area contributed by atoms with Crippen LogP contribution in [-0.2, 0) is 0 Å². The van der Waals surface area contributed by atoms with Crippen LogP contribution in [0, 0.1) is 26.7 Å². The van der Waals surface area contributed by atoms with Gasteiger partial charge in [0.1, 0.15) is 11.7 Å². The van der Waals surface area contributed by atoms with Crippen molar-refractivity contribution in [1.82, 2.24) is 4.57 Å². The number of aryl methyl sites for hydroxylation is 1. The van der Waals surface area contributed by atoms with Crippen molar-refractivity contribution >= 4 is 6.08 Å². The molecule has 2 heterocycles. The predicted octanol–water partition coefficient (Wildman–Crippen LogP) is 4.84. The van der Waals surface area contributed by atoms with E-state index in [1.165, 1.54) is 60.6 Å². The van der Waals surface area contributed by atoms with Crippen molar-refractivity contribution in [1.29, 1.82) is 0 Å². The predicted molar refractivity (Wildman–Crippen MR) is 94.8 cm³/mol. The van der Waals surface area contributed by atoms with Crippen LogP contribution in [0.5, 0.6) is 0 Å². The highest BCUT2D eigenvalue weighted by molar-refractivity contribution is 5.52. The molecule has 1 aliphatic heterocycles. The second kappa shape index (κ2) is 5.67. The molecule has 0 amide bonds. The Morgan fingerprint density at radius 3 is 2.57 bits per heavy atom. The Morgan fingerprint density at radius 2 is 1.83 bits per heavy atom. The highest BCUT2D eigenvalue weighted by Gasteiger charge is 2.37. The van der Waals surface area contributed by atoms with Crippen molar-refractivity contribution in [3.63, 3.8) is 0 Å². The number of rotatable bonds is 2. The molecule has 120 valence electrons. The first-order valence-electron chi connectivity index (χ1n) is 9.43. The standard InChI is InChI=1S/C21H27N2/c1-15-9-7-8-12-19(15)22-16(2)20-13-14-21(23(20)17(22)3)18-10-5-4-6-11-18/h7-9,12-14,18,21H,4-6,10-11H2,1-3H3/q+1/i21D. The summed E-state index contributed by atoms with van der Waals surface area (Å²) in [5, 5.41) is 0. The fourth-order valence-electron chi connectivity index (χ4n) is 4.44. The number of imidazole rings is 1. The molecule has 2 heteroatoms. The van der Waals surface area contributed by atoms with E-state index in [4.69, 9.17) is 0 Å². The van der Waals surface area contributed by atoms with Crippen LogP contribution in [0.25, 0.3) is 11.8 Å². The molecule has 0 radical (unpaired) electrons. The Morgan fingerprint density at radius 1 is 1.09 bits per heavy atom. The molecular weight excluding hydrogens is 280 g/mol. The highest BCUT2D eigenvalue weighted by atomic mass is 15.2. The van der Waals surface area contributed by atoms with Crippen LogP contribution >= 0.6 is 0 Å². The Hall–Kier alpha value is -1.83. The minimum absolute atomic E-state index is 0.430. The molecule has 1 unspecified atom stereocenters. The van der Waals surface area contributed by atoms with E-state index >= 15 is 0 Å². The van der Waals surface area contributed by atoms with E-state index in [0.717, 1.165) is 0 Å². The minimum atomic E-state index is -0.613. The summed E-state index contributed by atoms with van der Waals surface area (Å²) in [7, 11) is 0. The fourth-order valence-corrected chi connectivity index (χ4v) is 4.44. The van der Waals surface area contributed by atoms with Gasteiger partial charge in [-0.05, 0) is 43.5 Å². The van der Waals surface area contributed by atoms with Crippen molar-refractivity contribution in [3.05, 3.63) is 53.1 Å². The van der Waals surface area contributed by atoms with Gasteiger partial charge >= 0.3 is 0 Å². The molecule has 0 spiro atoms. The first-order valence-corrected chi connectivity index (χ1v) is 8.93. The van der Waals surface area contributed by atoms with Gasteiger partial charge in [0.05, 0.1) is 1.37 Å². The lowest BCUT2D eigenvalue weighted by molar-refractivity contribution is -0.721. The lowest BCUT2D eigenvalue weighted by atomic mass is 9.84. The maximum absolute atomic E-state index is 9.29.